The van der Waals surface area contributed by atoms with Gasteiger partial charge in [-0.15, -0.1) is 12.6 Å². The Hall–Kier alpha value is -1.16. The van der Waals surface area contributed by atoms with Crippen molar-refractivity contribution in [1.29, 1.82) is 0 Å². The summed E-state index contributed by atoms with van der Waals surface area (Å²) < 4.78 is 37.3. The Morgan fingerprint density at radius 1 is 1.00 bits per heavy atom. The summed E-state index contributed by atoms with van der Waals surface area (Å²) in [7, 11) is 0. The molecule has 78 valence electrons. The number of halogens is 3. The second kappa shape index (κ2) is 3.45. The van der Waals surface area contributed by atoms with E-state index >= 15 is 0 Å². The van der Waals surface area contributed by atoms with E-state index in [0.29, 0.717) is 10.3 Å². The maximum Gasteiger partial charge on any atom is 0.416 e. The summed E-state index contributed by atoms with van der Waals surface area (Å²) in [5.41, 5.74) is -0.642. The van der Waals surface area contributed by atoms with Crippen LogP contribution >= 0.6 is 12.6 Å². The Kier molecular flexibility index (Phi) is 2.38. The summed E-state index contributed by atoms with van der Waals surface area (Å²) in [4.78, 5) is 0.554. The number of thiol groups is 1. The molecule has 4 heteroatoms. The lowest BCUT2D eigenvalue weighted by atomic mass is 10.1. The largest absolute Gasteiger partial charge is 0.416 e. The lowest BCUT2D eigenvalue weighted by Crippen LogP contribution is -2.04. The van der Waals surface area contributed by atoms with Crippen LogP contribution in [-0.2, 0) is 6.18 Å². The second-order valence-corrected chi connectivity index (χ2v) is 3.69. The van der Waals surface area contributed by atoms with Gasteiger partial charge in [0.25, 0.3) is 0 Å². The number of rotatable bonds is 0. The van der Waals surface area contributed by atoms with Gasteiger partial charge in [0.2, 0.25) is 0 Å². The number of alkyl halides is 3. The van der Waals surface area contributed by atoms with Crippen LogP contribution in [0.3, 0.4) is 0 Å². The molecule has 2 aromatic carbocycles. The van der Waals surface area contributed by atoms with Crippen molar-refractivity contribution in [2.45, 2.75) is 11.1 Å². The minimum atomic E-state index is -4.30. The van der Waals surface area contributed by atoms with Crippen molar-refractivity contribution >= 4 is 23.4 Å². The van der Waals surface area contributed by atoms with E-state index in [4.69, 9.17) is 0 Å². The van der Waals surface area contributed by atoms with Crippen molar-refractivity contribution in [1.82, 2.24) is 0 Å². The molecule has 0 N–H and O–H groups in total. The van der Waals surface area contributed by atoms with Crippen LogP contribution in [0.15, 0.2) is 41.3 Å². The second-order valence-electron chi connectivity index (χ2n) is 3.21. The molecule has 0 aliphatic heterocycles. The van der Waals surface area contributed by atoms with Crippen LogP contribution in [0.5, 0.6) is 0 Å². The molecule has 0 atom stereocenters. The molecule has 0 nitrogen and oxygen atoms in total. The van der Waals surface area contributed by atoms with E-state index in [0.717, 1.165) is 17.5 Å². The van der Waals surface area contributed by atoms with E-state index in [1.54, 1.807) is 18.2 Å². The first-order chi connectivity index (χ1) is 6.98. The first kappa shape index (κ1) is 10.4. The maximum absolute atomic E-state index is 12.4. The normalized spacial score (nSPS) is 12.0. The number of benzene rings is 2. The van der Waals surface area contributed by atoms with Gasteiger partial charge in [-0.1, -0.05) is 18.2 Å². The van der Waals surface area contributed by atoms with Gasteiger partial charge in [0.05, 0.1) is 5.56 Å². The van der Waals surface area contributed by atoms with Gasteiger partial charge in [0.1, 0.15) is 0 Å². The molecule has 0 radical (unpaired) electrons. The zero-order valence-corrected chi connectivity index (χ0v) is 8.44. The summed E-state index contributed by atoms with van der Waals surface area (Å²) in [6, 6.07) is 8.85. The third kappa shape index (κ3) is 1.95. The van der Waals surface area contributed by atoms with E-state index in [1.165, 1.54) is 6.07 Å². The summed E-state index contributed by atoms with van der Waals surface area (Å²) in [6.07, 6.45) is -4.30. The monoisotopic (exact) mass is 228 g/mol. The van der Waals surface area contributed by atoms with Crippen molar-refractivity contribution in [2.24, 2.45) is 0 Å². The maximum atomic E-state index is 12.4. The molecule has 0 fully saturated rings. The van der Waals surface area contributed by atoms with Gasteiger partial charge in [-0.05, 0) is 29.0 Å². The minimum Gasteiger partial charge on any atom is -0.166 e. The molecule has 0 saturated carbocycles. The van der Waals surface area contributed by atoms with Crippen LogP contribution in [0.1, 0.15) is 5.56 Å². The molecule has 0 heterocycles. The van der Waals surface area contributed by atoms with Crippen molar-refractivity contribution in [3.8, 4) is 0 Å². The van der Waals surface area contributed by atoms with Gasteiger partial charge in [0, 0.05) is 4.90 Å². The molecule has 15 heavy (non-hydrogen) atoms. The van der Waals surface area contributed by atoms with Crippen LogP contribution in [-0.4, -0.2) is 0 Å². The molecule has 0 aromatic heterocycles. The van der Waals surface area contributed by atoms with Gasteiger partial charge in [-0.3, -0.25) is 0 Å². The molecule has 0 bridgehead atoms. The zero-order valence-electron chi connectivity index (χ0n) is 7.55. The van der Waals surface area contributed by atoms with Gasteiger partial charge in [-0.25, -0.2) is 0 Å². The average molecular weight is 228 g/mol. The number of hydrogen-bond donors (Lipinski definition) is 1. The smallest absolute Gasteiger partial charge is 0.166 e. The highest BCUT2D eigenvalue weighted by molar-refractivity contribution is 7.80. The Morgan fingerprint density at radius 2 is 1.73 bits per heavy atom. The van der Waals surface area contributed by atoms with Crippen molar-refractivity contribution in [3.05, 3.63) is 42.0 Å². The third-order valence-corrected chi connectivity index (χ3v) is 2.58. The van der Waals surface area contributed by atoms with Gasteiger partial charge >= 0.3 is 6.18 Å². The highest BCUT2D eigenvalue weighted by Crippen LogP contribution is 2.32. The quantitative estimate of drug-likeness (QED) is 0.643. The van der Waals surface area contributed by atoms with Gasteiger partial charge in [-0.2, -0.15) is 13.2 Å². The summed E-state index contributed by atoms with van der Waals surface area (Å²) >= 11 is 4.13. The molecule has 0 saturated heterocycles. The predicted octanol–water partition coefficient (Wildman–Crippen LogP) is 4.15. The standard InChI is InChI=1S/C11H7F3S/c12-11(13,14)8-5-4-7-2-1-3-10(15)9(7)6-8/h1-6,15H. The highest BCUT2D eigenvalue weighted by Gasteiger charge is 2.30. The number of fused-ring (bicyclic) bond motifs is 1. The first-order valence-electron chi connectivity index (χ1n) is 4.27. The summed E-state index contributed by atoms with van der Waals surface area (Å²) in [5, 5.41) is 1.28. The van der Waals surface area contributed by atoms with Crippen LogP contribution < -0.4 is 0 Å². The Balaban J connectivity index is 2.70. The predicted molar refractivity (Wildman–Crippen MR) is 56.2 cm³/mol. The molecule has 0 unspecified atom stereocenters. The Morgan fingerprint density at radius 3 is 2.40 bits per heavy atom. The van der Waals surface area contributed by atoms with Crippen LogP contribution in [0.4, 0.5) is 13.2 Å². The van der Waals surface area contributed by atoms with E-state index in [1.807, 2.05) is 0 Å². The fourth-order valence-electron chi connectivity index (χ4n) is 1.43. The van der Waals surface area contributed by atoms with Crippen molar-refractivity contribution < 1.29 is 13.2 Å². The lowest BCUT2D eigenvalue weighted by molar-refractivity contribution is -0.137. The number of hydrogen-bond acceptors (Lipinski definition) is 1. The van der Waals surface area contributed by atoms with Gasteiger partial charge < -0.3 is 0 Å². The SMILES string of the molecule is FC(F)(F)c1ccc2cccc(S)c2c1. The Bertz CT molecular complexity index is 503. The van der Waals surface area contributed by atoms with E-state index in [2.05, 4.69) is 12.6 Å². The first-order valence-corrected chi connectivity index (χ1v) is 4.72. The average Bonchev–Trinajstić information content (AvgIpc) is 2.16. The molecular formula is C11H7F3S. The van der Waals surface area contributed by atoms with Gasteiger partial charge in [0.15, 0.2) is 0 Å². The van der Waals surface area contributed by atoms with E-state index in [-0.39, 0.29) is 0 Å². The van der Waals surface area contributed by atoms with E-state index in [9.17, 15) is 13.2 Å². The molecule has 0 aliphatic carbocycles. The summed E-state index contributed by atoms with van der Waals surface area (Å²) in [6.45, 7) is 0. The van der Waals surface area contributed by atoms with Crippen molar-refractivity contribution in [2.75, 3.05) is 0 Å². The molecule has 0 aliphatic rings. The van der Waals surface area contributed by atoms with Crippen LogP contribution in [0.2, 0.25) is 0 Å². The molecular weight excluding hydrogens is 221 g/mol. The lowest BCUT2D eigenvalue weighted by Gasteiger charge is -2.08. The van der Waals surface area contributed by atoms with Crippen LogP contribution in [0, 0.1) is 0 Å². The highest BCUT2D eigenvalue weighted by atomic mass is 32.1. The molecule has 0 spiro atoms. The molecule has 2 rings (SSSR count). The van der Waals surface area contributed by atoms with Crippen molar-refractivity contribution in [3.63, 3.8) is 0 Å². The van der Waals surface area contributed by atoms with E-state index < -0.39 is 11.7 Å². The van der Waals surface area contributed by atoms with Crippen LogP contribution in [0.25, 0.3) is 10.8 Å². The minimum absolute atomic E-state index is 0.524. The topological polar surface area (TPSA) is 0 Å². The third-order valence-electron chi connectivity index (χ3n) is 2.19. The fraction of sp³-hybridized carbons (Fsp3) is 0.0909. The fourth-order valence-corrected chi connectivity index (χ4v) is 1.71. The Labute approximate surface area is 90.1 Å². The molecule has 2 aromatic rings. The zero-order chi connectivity index (χ0) is 11.1. The summed E-state index contributed by atoms with van der Waals surface area (Å²) in [5.74, 6) is 0. The molecule has 0 amide bonds.